The van der Waals surface area contributed by atoms with E-state index in [9.17, 15) is 23.1 Å². The van der Waals surface area contributed by atoms with E-state index in [1.165, 1.54) is 6.07 Å². The Hall–Kier alpha value is -2.93. The molecule has 6 rings (SSSR count). The number of likely N-dealkylation sites (tertiary alicyclic amines) is 2. The lowest BCUT2D eigenvalue weighted by Crippen LogP contribution is -2.40. The molecule has 2 saturated heterocycles. The summed E-state index contributed by atoms with van der Waals surface area (Å²) in [6.45, 7) is 8.42. The van der Waals surface area contributed by atoms with Crippen LogP contribution in [0, 0.1) is 0 Å². The standard InChI is InChI=1S/C34H43F3N6O2S/c1-2-40-18-12-30-27(22-40)33(25-8-9-28(34(35,36)37)31(19-25)46-23-32(45)42-14-5-6-15-42)39-43(30)21-26(44)20-41-16-10-24(11-17-41)29-7-3-4-13-38-29/h3-4,7-9,13,19,24,26,44H,2,5-6,10-12,14-18,20-23H2,1H3. The molecule has 0 radical (unpaired) electrons. The molecular formula is C34H43F3N6O2S. The number of fused-ring (bicyclic) bond motifs is 1. The van der Waals surface area contributed by atoms with E-state index in [2.05, 4.69) is 27.8 Å². The fourth-order valence-corrected chi connectivity index (χ4v) is 8.02. The number of halogens is 3. The zero-order valence-corrected chi connectivity index (χ0v) is 27.2. The number of hydrogen-bond acceptors (Lipinski definition) is 7. The third-order valence-electron chi connectivity index (χ3n) is 9.58. The minimum atomic E-state index is -4.54. The molecule has 5 heterocycles. The zero-order valence-electron chi connectivity index (χ0n) is 26.4. The molecule has 2 fully saturated rings. The van der Waals surface area contributed by atoms with Gasteiger partial charge in [-0.15, -0.1) is 11.8 Å². The normalized spacial score (nSPS) is 19.0. The zero-order chi connectivity index (χ0) is 32.3. The van der Waals surface area contributed by atoms with Gasteiger partial charge in [-0.2, -0.15) is 18.3 Å². The lowest BCUT2D eigenvalue weighted by molar-refractivity contribution is -0.139. The third-order valence-corrected chi connectivity index (χ3v) is 10.6. The molecule has 3 aliphatic rings. The van der Waals surface area contributed by atoms with Crippen molar-refractivity contribution < 1.29 is 23.1 Å². The number of pyridine rings is 1. The first-order chi connectivity index (χ1) is 22.2. The van der Waals surface area contributed by atoms with E-state index in [-0.39, 0.29) is 16.6 Å². The number of carbonyl (C=O) groups is 1. The fourth-order valence-electron chi connectivity index (χ4n) is 7.00. The van der Waals surface area contributed by atoms with Crippen molar-refractivity contribution >= 4 is 17.7 Å². The van der Waals surface area contributed by atoms with Gasteiger partial charge >= 0.3 is 6.18 Å². The molecule has 8 nitrogen and oxygen atoms in total. The number of aliphatic hydroxyl groups excluding tert-OH is 1. The van der Waals surface area contributed by atoms with Crippen LogP contribution >= 0.6 is 11.8 Å². The Morgan fingerprint density at radius 2 is 1.83 bits per heavy atom. The Labute approximate surface area is 273 Å². The average molecular weight is 657 g/mol. The number of likely N-dealkylation sites (N-methyl/N-ethyl adjacent to an activating group) is 1. The van der Waals surface area contributed by atoms with Crippen LogP contribution in [0.3, 0.4) is 0 Å². The molecule has 0 bridgehead atoms. The maximum atomic E-state index is 14.1. The van der Waals surface area contributed by atoms with Crippen LogP contribution in [-0.4, -0.2) is 98.1 Å². The number of thioether (sulfide) groups is 1. The molecule has 12 heteroatoms. The van der Waals surface area contributed by atoms with Crippen LogP contribution < -0.4 is 0 Å². The number of nitrogens with zero attached hydrogens (tertiary/aromatic N) is 6. The molecule has 1 N–H and O–H groups in total. The van der Waals surface area contributed by atoms with Gasteiger partial charge in [0.1, 0.15) is 0 Å². The van der Waals surface area contributed by atoms with Gasteiger partial charge in [0.25, 0.3) is 0 Å². The number of aliphatic hydroxyl groups is 1. The summed E-state index contributed by atoms with van der Waals surface area (Å²) in [6.07, 6.45) is 1.28. The van der Waals surface area contributed by atoms with Crippen LogP contribution in [0.5, 0.6) is 0 Å². The Kier molecular flexibility index (Phi) is 10.4. The highest BCUT2D eigenvalue weighted by Gasteiger charge is 2.35. The average Bonchev–Trinajstić information content (AvgIpc) is 3.72. The van der Waals surface area contributed by atoms with Gasteiger partial charge < -0.3 is 14.9 Å². The van der Waals surface area contributed by atoms with Gasteiger partial charge in [0.05, 0.1) is 29.7 Å². The number of alkyl halides is 3. The highest BCUT2D eigenvalue weighted by atomic mass is 32.2. The molecule has 0 spiro atoms. The van der Waals surface area contributed by atoms with Crippen molar-refractivity contribution in [1.82, 2.24) is 29.5 Å². The van der Waals surface area contributed by atoms with Crippen molar-refractivity contribution in [3.63, 3.8) is 0 Å². The summed E-state index contributed by atoms with van der Waals surface area (Å²) in [5.41, 5.74) is 3.68. The number of β-amino-alcohol motifs (C(OH)–C–C–N with tert-alkyl or cyclic N) is 1. The van der Waals surface area contributed by atoms with Crippen molar-refractivity contribution in [2.24, 2.45) is 0 Å². The van der Waals surface area contributed by atoms with Gasteiger partial charge in [0.2, 0.25) is 5.91 Å². The molecule has 3 aromatic rings. The molecule has 2 aromatic heterocycles. The number of benzene rings is 1. The Morgan fingerprint density at radius 3 is 2.52 bits per heavy atom. The fraction of sp³-hybridized carbons (Fsp3) is 0.559. The molecule has 1 atom stereocenters. The SMILES string of the molecule is CCN1CCc2c(c(-c3ccc(C(F)(F)F)c(SCC(=O)N4CCCC4)c3)nn2CC(O)CN2CCC(c3ccccn3)CC2)C1. The van der Waals surface area contributed by atoms with E-state index in [1.54, 1.807) is 11.0 Å². The number of amides is 1. The molecule has 3 aliphatic heterocycles. The number of rotatable bonds is 10. The van der Waals surface area contributed by atoms with Crippen molar-refractivity contribution in [3.05, 3.63) is 65.1 Å². The number of aromatic nitrogens is 3. The molecule has 1 aromatic carbocycles. The summed E-state index contributed by atoms with van der Waals surface area (Å²) in [4.78, 5) is 23.6. The largest absolute Gasteiger partial charge is 0.417 e. The first-order valence-corrected chi connectivity index (χ1v) is 17.4. The van der Waals surface area contributed by atoms with Gasteiger partial charge in [0, 0.05) is 78.7 Å². The minimum absolute atomic E-state index is 0.0337. The summed E-state index contributed by atoms with van der Waals surface area (Å²) in [5, 5.41) is 16.2. The molecule has 0 aliphatic carbocycles. The van der Waals surface area contributed by atoms with Gasteiger partial charge in [-0.1, -0.05) is 19.1 Å². The van der Waals surface area contributed by atoms with Crippen LogP contribution in [0.25, 0.3) is 11.3 Å². The van der Waals surface area contributed by atoms with E-state index in [4.69, 9.17) is 5.10 Å². The van der Waals surface area contributed by atoms with E-state index >= 15 is 0 Å². The Bertz CT molecular complexity index is 1490. The maximum Gasteiger partial charge on any atom is 0.417 e. The number of hydrogen-bond donors (Lipinski definition) is 1. The van der Waals surface area contributed by atoms with Crippen molar-refractivity contribution in [1.29, 1.82) is 0 Å². The van der Waals surface area contributed by atoms with E-state index in [0.717, 1.165) is 93.1 Å². The molecule has 0 saturated carbocycles. The van der Waals surface area contributed by atoms with Crippen LogP contribution in [-0.2, 0) is 30.5 Å². The monoisotopic (exact) mass is 656 g/mol. The second-order valence-corrected chi connectivity index (χ2v) is 13.7. The van der Waals surface area contributed by atoms with Crippen molar-refractivity contribution in [2.75, 3.05) is 51.6 Å². The first kappa shape index (κ1) is 33.0. The van der Waals surface area contributed by atoms with Crippen LogP contribution in [0.4, 0.5) is 13.2 Å². The summed E-state index contributed by atoms with van der Waals surface area (Å²) < 4.78 is 44.0. The molecule has 1 unspecified atom stereocenters. The number of piperidine rings is 1. The predicted molar refractivity (Wildman–Crippen MR) is 173 cm³/mol. The predicted octanol–water partition coefficient (Wildman–Crippen LogP) is 5.30. The molecule has 1 amide bonds. The highest BCUT2D eigenvalue weighted by Crippen LogP contribution is 2.40. The Balaban J connectivity index is 1.20. The summed E-state index contributed by atoms with van der Waals surface area (Å²) in [6, 6.07) is 10.2. The maximum absolute atomic E-state index is 14.1. The van der Waals surface area contributed by atoms with Crippen LogP contribution in [0.15, 0.2) is 47.5 Å². The lowest BCUT2D eigenvalue weighted by Gasteiger charge is -2.33. The topological polar surface area (TPSA) is 77.7 Å². The van der Waals surface area contributed by atoms with Crippen molar-refractivity contribution in [2.45, 2.75) is 75.2 Å². The third kappa shape index (κ3) is 7.61. The van der Waals surface area contributed by atoms with Gasteiger partial charge in [-0.05, 0) is 69.6 Å². The van der Waals surface area contributed by atoms with Crippen molar-refractivity contribution in [3.8, 4) is 11.3 Å². The second kappa shape index (κ2) is 14.5. The van der Waals surface area contributed by atoms with E-state index in [0.29, 0.717) is 49.9 Å². The molecule has 46 heavy (non-hydrogen) atoms. The number of carbonyl (C=O) groups excluding carboxylic acids is 1. The highest BCUT2D eigenvalue weighted by molar-refractivity contribution is 8.00. The Morgan fingerprint density at radius 1 is 1.04 bits per heavy atom. The summed E-state index contributed by atoms with van der Waals surface area (Å²) in [5.74, 6) is 0.270. The quantitative estimate of drug-likeness (QED) is 0.297. The van der Waals surface area contributed by atoms with Gasteiger partial charge in [-0.3, -0.25) is 19.4 Å². The lowest BCUT2D eigenvalue weighted by atomic mass is 9.93. The molecule has 248 valence electrons. The van der Waals surface area contributed by atoms with Crippen LogP contribution in [0.1, 0.15) is 61.0 Å². The summed E-state index contributed by atoms with van der Waals surface area (Å²) >= 11 is 0.950. The molecular weight excluding hydrogens is 613 g/mol. The van der Waals surface area contributed by atoms with E-state index < -0.39 is 17.8 Å². The second-order valence-electron chi connectivity index (χ2n) is 12.6. The summed E-state index contributed by atoms with van der Waals surface area (Å²) in [7, 11) is 0. The van der Waals surface area contributed by atoms with E-state index in [1.807, 2.05) is 23.0 Å². The van der Waals surface area contributed by atoms with Gasteiger partial charge in [0.15, 0.2) is 0 Å². The smallest absolute Gasteiger partial charge is 0.390 e. The van der Waals surface area contributed by atoms with Gasteiger partial charge in [-0.25, -0.2) is 0 Å². The van der Waals surface area contributed by atoms with Crippen LogP contribution in [0.2, 0.25) is 0 Å². The minimum Gasteiger partial charge on any atom is -0.390 e. The first-order valence-electron chi connectivity index (χ1n) is 16.4.